The van der Waals surface area contributed by atoms with E-state index < -0.39 is 0 Å². The van der Waals surface area contributed by atoms with Gasteiger partial charge in [-0.15, -0.1) is 0 Å². The van der Waals surface area contributed by atoms with Crippen molar-refractivity contribution in [2.75, 3.05) is 13.7 Å². The second-order valence-corrected chi connectivity index (χ2v) is 7.12. The molecule has 1 aromatic heterocycles. The largest absolute Gasteiger partial charge is 0.497 e. The molecule has 1 saturated heterocycles. The standard InChI is InChI=1S/C21H26N2O/c1-15(16-9-11-19(24-2)12-10-16)23-14-4-6-18-8-7-17-5-3-13-22-20(17)21(18)23/h3,5,9-13,15,18,21H,4,6-8,14H2,1-2H3/t15-,18-,21-/m1/s1. The molecule has 0 N–H and O–H groups in total. The summed E-state index contributed by atoms with van der Waals surface area (Å²) in [7, 11) is 1.72. The summed E-state index contributed by atoms with van der Waals surface area (Å²) < 4.78 is 5.30. The van der Waals surface area contributed by atoms with Crippen molar-refractivity contribution in [1.82, 2.24) is 9.88 Å². The lowest BCUT2D eigenvalue weighted by atomic mass is 9.76. The Morgan fingerprint density at radius 1 is 1.17 bits per heavy atom. The van der Waals surface area contributed by atoms with Crippen LogP contribution in [-0.4, -0.2) is 23.5 Å². The van der Waals surface area contributed by atoms with Gasteiger partial charge in [0.1, 0.15) is 5.75 Å². The van der Waals surface area contributed by atoms with Crippen molar-refractivity contribution in [1.29, 1.82) is 0 Å². The number of benzene rings is 1. The van der Waals surface area contributed by atoms with Crippen molar-refractivity contribution in [2.24, 2.45) is 5.92 Å². The van der Waals surface area contributed by atoms with Gasteiger partial charge in [-0.3, -0.25) is 9.88 Å². The monoisotopic (exact) mass is 322 g/mol. The molecule has 3 heteroatoms. The summed E-state index contributed by atoms with van der Waals surface area (Å²) in [5, 5.41) is 0. The summed E-state index contributed by atoms with van der Waals surface area (Å²) in [6, 6.07) is 13.8. The number of rotatable bonds is 3. The molecule has 3 nitrogen and oxygen atoms in total. The van der Waals surface area contributed by atoms with Crippen molar-refractivity contribution in [3.8, 4) is 5.75 Å². The lowest BCUT2D eigenvalue weighted by Gasteiger charge is -2.47. The van der Waals surface area contributed by atoms with E-state index in [1.54, 1.807) is 7.11 Å². The zero-order valence-corrected chi connectivity index (χ0v) is 14.6. The molecule has 1 fully saturated rings. The Morgan fingerprint density at radius 2 is 2.00 bits per heavy atom. The second-order valence-electron chi connectivity index (χ2n) is 7.12. The topological polar surface area (TPSA) is 25.4 Å². The van der Waals surface area contributed by atoms with Crippen molar-refractivity contribution in [3.63, 3.8) is 0 Å². The number of aryl methyl sites for hydroxylation is 1. The van der Waals surface area contributed by atoms with Gasteiger partial charge in [-0.1, -0.05) is 18.2 Å². The number of fused-ring (bicyclic) bond motifs is 3. The lowest BCUT2D eigenvalue weighted by Crippen LogP contribution is -2.43. The van der Waals surface area contributed by atoms with E-state index in [1.165, 1.54) is 42.5 Å². The quantitative estimate of drug-likeness (QED) is 0.829. The zero-order chi connectivity index (χ0) is 16.5. The molecule has 1 aliphatic carbocycles. The highest BCUT2D eigenvalue weighted by molar-refractivity contribution is 5.31. The number of ether oxygens (including phenoxy) is 1. The molecule has 4 rings (SSSR count). The first-order chi connectivity index (χ1) is 11.8. The fourth-order valence-electron chi connectivity index (χ4n) is 4.56. The first-order valence-corrected chi connectivity index (χ1v) is 9.11. The Kier molecular flexibility index (Phi) is 4.28. The average Bonchev–Trinajstić information content (AvgIpc) is 2.67. The minimum absolute atomic E-state index is 0.400. The molecule has 2 aromatic rings. The summed E-state index contributed by atoms with van der Waals surface area (Å²) in [5.74, 6) is 1.67. The molecule has 2 heterocycles. The summed E-state index contributed by atoms with van der Waals surface area (Å²) in [6.45, 7) is 3.49. The number of pyridine rings is 1. The van der Waals surface area contributed by atoms with Crippen molar-refractivity contribution < 1.29 is 4.74 Å². The zero-order valence-electron chi connectivity index (χ0n) is 14.6. The van der Waals surface area contributed by atoms with Crippen LogP contribution in [0.2, 0.25) is 0 Å². The summed E-state index contributed by atoms with van der Waals surface area (Å²) in [5.41, 5.74) is 4.14. The number of likely N-dealkylation sites (tertiary alicyclic amines) is 1. The fraction of sp³-hybridized carbons (Fsp3) is 0.476. The van der Waals surface area contributed by atoms with E-state index in [2.05, 4.69) is 48.2 Å². The minimum atomic E-state index is 0.400. The van der Waals surface area contributed by atoms with Crippen LogP contribution in [0.3, 0.4) is 0 Å². The van der Waals surface area contributed by atoms with Gasteiger partial charge in [0.05, 0.1) is 18.8 Å². The highest BCUT2D eigenvalue weighted by Crippen LogP contribution is 2.46. The van der Waals surface area contributed by atoms with Gasteiger partial charge >= 0.3 is 0 Å². The van der Waals surface area contributed by atoms with Crippen LogP contribution in [0.25, 0.3) is 0 Å². The fourth-order valence-corrected chi connectivity index (χ4v) is 4.56. The van der Waals surface area contributed by atoms with Gasteiger partial charge in [-0.2, -0.15) is 0 Å². The van der Waals surface area contributed by atoms with Crippen molar-refractivity contribution in [3.05, 3.63) is 59.4 Å². The average molecular weight is 322 g/mol. The van der Waals surface area contributed by atoms with Gasteiger partial charge in [0.25, 0.3) is 0 Å². The maximum Gasteiger partial charge on any atom is 0.118 e. The molecule has 0 saturated carbocycles. The molecule has 2 aliphatic rings. The molecule has 24 heavy (non-hydrogen) atoms. The summed E-state index contributed by atoms with van der Waals surface area (Å²) in [4.78, 5) is 7.48. The number of hydrogen-bond acceptors (Lipinski definition) is 3. The highest BCUT2D eigenvalue weighted by Gasteiger charge is 2.39. The van der Waals surface area contributed by atoms with Gasteiger partial charge < -0.3 is 4.74 Å². The van der Waals surface area contributed by atoms with Gasteiger partial charge in [-0.05, 0) is 74.4 Å². The normalized spacial score (nSPS) is 24.8. The molecule has 1 aromatic carbocycles. The highest BCUT2D eigenvalue weighted by atomic mass is 16.5. The minimum Gasteiger partial charge on any atom is -0.497 e. The first kappa shape index (κ1) is 15.6. The molecular weight excluding hydrogens is 296 g/mol. The van der Waals surface area contributed by atoms with Gasteiger partial charge in [-0.25, -0.2) is 0 Å². The molecular formula is C21H26N2O. The summed E-state index contributed by atoms with van der Waals surface area (Å²) >= 11 is 0. The SMILES string of the molecule is COc1ccc([C@@H](C)N2CCC[C@@H]3CCc4cccnc4[C@@H]32)cc1. The van der Waals surface area contributed by atoms with Crippen LogP contribution in [0.4, 0.5) is 0 Å². The van der Waals surface area contributed by atoms with E-state index in [4.69, 9.17) is 9.72 Å². The third kappa shape index (κ3) is 2.71. The van der Waals surface area contributed by atoms with E-state index in [-0.39, 0.29) is 0 Å². The number of piperidine rings is 1. The predicted molar refractivity (Wildman–Crippen MR) is 96.1 cm³/mol. The van der Waals surface area contributed by atoms with Gasteiger partial charge in [0.2, 0.25) is 0 Å². The van der Waals surface area contributed by atoms with Gasteiger partial charge in [0, 0.05) is 12.2 Å². The molecule has 0 spiro atoms. The van der Waals surface area contributed by atoms with E-state index in [1.807, 2.05) is 6.20 Å². The Bertz CT molecular complexity index is 697. The third-order valence-electron chi connectivity index (χ3n) is 5.88. The Morgan fingerprint density at radius 3 is 2.79 bits per heavy atom. The van der Waals surface area contributed by atoms with Crippen LogP contribution in [0, 0.1) is 5.92 Å². The van der Waals surface area contributed by atoms with Crippen molar-refractivity contribution in [2.45, 2.75) is 44.7 Å². The maximum atomic E-state index is 5.30. The van der Waals surface area contributed by atoms with Crippen LogP contribution >= 0.6 is 0 Å². The molecule has 0 unspecified atom stereocenters. The van der Waals surface area contributed by atoms with Crippen LogP contribution in [0.15, 0.2) is 42.6 Å². The van der Waals surface area contributed by atoms with E-state index in [0.29, 0.717) is 12.1 Å². The molecule has 126 valence electrons. The molecule has 0 bridgehead atoms. The molecule has 3 atom stereocenters. The Labute approximate surface area is 144 Å². The van der Waals surface area contributed by atoms with E-state index in [0.717, 1.165) is 18.2 Å². The van der Waals surface area contributed by atoms with Crippen LogP contribution in [0.1, 0.15) is 55.1 Å². The molecule has 0 radical (unpaired) electrons. The summed E-state index contributed by atoms with van der Waals surface area (Å²) in [6.07, 6.45) is 7.09. The smallest absolute Gasteiger partial charge is 0.118 e. The number of nitrogens with zero attached hydrogens (tertiary/aromatic N) is 2. The number of hydrogen-bond donors (Lipinski definition) is 0. The van der Waals surface area contributed by atoms with Crippen LogP contribution in [-0.2, 0) is 6.42 Å². The van der Waals surface area contributed by atoms with Crippen molar-refractivity contribution >= 4 is 0 Å². The maximum absolute atomic E-state index is 5.30. The molecule has 1 aliphatic heterocycles. The van der Waals surface area contributed by atoms with Crippen LogP contribution < -0.4 is 4.74 Å². The lowest BCUT2D eigenvalue weighted by molar-refractivity contribution is 0.0430. The van der Waals surface area contributed by atoms with E-state index >= 15 is 0 Å². The van der Waals surface area contributed by atoms with E-state index in [9.17, 15) is 0 Å². The number of methoxy groups -OCH3 is 1. The predicted octanol–water partition coefficient (Wildman–Crippen LogP) is 4.55. The number of aromatic nitrogens is 1. The molecule has 0 amide bonds. The Balaban J connectivity index is 1.66. The Hall–Kier alpha value is -1.87. The second kappa shape index (κ2) is 6.56. The van der Waals surface area contributed by atoms with Gasteiger partial charge in [0.15, 0.2) is 0 Å². The first-order valence-electron chi connectivity index (χ1n) is 9.11. The van der Waals surface area contributed by atoms with Crippen LogP contribution in [0.5, 0.6) is 5.75 Å². The third-order valence-corrected chi connectivity index (χ3v) is 5.88.